The number of anilines is 1. The SMILES string of the molecule is CC(C)c1ccc(S(=O)(=O)Nc2cc(Br)ccn2)cc1. The lowest BCUT2D eigenvalue weighted by atomic mass is 10.0. The summed E-state index contributed by atoms with van der Waals surface area (Å²) in [5, 5.41) is 0. The van der Waals surface area contributed by atoms with Gasteiger partial charge >= 0.3 is 0 Å². The Bertz CT molecular complexity index is 697. The highest BCUT2D eigenvalue weighted by Crippen LogP contribution is 2.20. The minimum Gasteiger partial charge on any atom is -0.263 e. The summed E-state index contributed by atoms with van der Waals surface area (Å²) in [7, 11) is -3.61. The van der Waals surface area contributed by atoms with Crippen molar-refractivity contribution >= 4 is 31.8 Å². The number of rotatable bonds is 4. The Labute approximate surface area is 127 Å². The molecule has 20 heavy (non-hydrogen) atoms. The van der Waals surface area contributed by atoms with Crippen molar-refractivity contribution in [2.75, 3.05) is 4.72 Å². The standard InChI is InChI=1S/C14H15BrN2O2S/c1-10(2)11-3-5-13(6-4-11)20(18,19)17-14-9-12(15)7-8-16-14/h3-10H,1-2H3,(H,16,17). The van der Waals surface area contributed by atoms with Gasteiger partial charge in [-0.05, 0) is 35.7 Å². The first-order chi connectivity index (χ1) is 9.38. The molecule has 0 saturated carbocycles. The summed E-state index contributed by atoms with van der Waals surface area (Å²) < 4.78 is 27.7. The van der Waals surface area contributed by atoms with Gasteiger partial charge < -0.3 is 0 Å². The number of nitrogens with zero attached hydrogens (tertiary/aromatic N) is 1. The number of hydrogen-bond acceptors (Lipinski definition) is 3. The Morgan fingerprint density at radius 1 is 1.15 bits per heavy atom. The second-order valence-electron chi connectivity index (χ2n) is 4.69. The van der Waals surface area contributed by atoms with Gasteiger partial charge in [-0.2, -0.15) is 0 Å². The molecule has 0 aliphatic heterocycles. The third-order valence-electron chi connectivity index (χ3n) is 2.82. The van der Waals surface area contributed by atoms with Crippen LogP contribution in [0.5, 0.6) is 0 Å². The largest absolute Gasteiger partial charge is 0.263 e. The van der Waals surface area contributed by atoms with Crippen LogP contribution in [0.25, 0.3) is 0 Å². The van der Waals surface area contributed by atoms with Gasteiger partial charge in [0.25, 0.3) is 10.0 Å². The van der Waals surface area contributed by atoms with E-state index in [1.807, 2.05) is 12.1 Å². The fourth-order valence-corrected chi connectivity index (χ4v) is 3.02. The molecule has 0 atom stereocenters. The highest BCUT2D eigenvalue weighted by atomic mass is 79.9. The van der Waals surface area contributed by atoms with Crippen LogP contribution >= 0.6 is 15.9 Å². The molecule has 6 heteroatoms. The summed E-state index contributed by atoms with van der Waals surface area (Å²) >= 11 is 3.28. The van der Waals surface area contributed by atoms with Gasteiger partial charge in [0.2, 0.25) is 0 Å². The fourth-order valence-electron chi connectivity index (χ4n) is 1.69. The first-order valence-corrected chi connectivity index (χ1v) is 8.40. The van der Waals surface area contributed by atoms with Crippen molar-refractivity contribution in [2.45, 2.75) is 24.7 Å². The molecule has 2 rings (SSSR count). The maximum atomic E-state index is 12.2. The fraction of sp³-hybridized carbons (Fsp3) is 0.214. The average Bonchev–Trinajstić information content (AvgIpc) is 2.38. The van der Waals surface area contributed by atoms with E-state index in [0.717, 1.165) is 10.0 Å². The molecular weight excluding hydrogens is 340 g/mol. The summed E-state index contributed by atoms with van der Waals surface area (Å²) in [6.45, 7) is 4.13. The second-order valence-corrected chi connectivity index (χ2v) is 7.29. The summed E-state index contributed by atoms with van der Waals surface area (Å²) in [4.78, 5) is 4.20. The second kappa shape index (κ2) is 5.93. The number of pyridine rings is 1. The Morgan fingerprint density at radius 2 is 1.80 bits per heavy atom. The van der Waals surface area contributed by atoms with Crippen LogP contribution in [0.2, 0.25) is 0 Å². The molecule has 0 radical (unpaired) electrons. The number of benzene rings is 1. The van der Waals surface area contributed by atoms with Crippen molar-refractivity contribution < 1.29 is 8.42 Å². The van der Waals surface area contributed by atoms with E-state index in [2.05, 4.69) is 39.5 Å². The number of aromatic nitrogens is 1. The van der Waals surface area contributed by atoms with Gasteiger partial charge in [0.15, 0.2) is 0 Å². The molecule has 1 aromatic heterocycles. The third kappa shape index (κ3) is 3.58. The first kappa shape index (κ1) is 15.0. The minimum atomic E-state index is -3.61. The first-order valence-electron chi connectivity index (χ1n) is 6.13. The van der Waals surface area contributed by atoms with Crippen LogP contribution in [0.15, 0.2) is 52.0 Å². The highest BCUT2D eigenvalue weighted by molar-refractivity contribution is 9.10. The molecule has 0 aliphatic rings. The van der Waals surface area contributed by atoms with Crippen LogP contribution in [0.4, 0.5) is 5.82 Å². The van der Waals surface area contributed by atoms with E-state index in [9.17, 15) is 8.42 Å². The molecule has 0 fully saturated rings. The van der Waals surface area contributed by atoms with E-state index in [0.29, 0.717) is 5.92 Å². The Hall–Kier alpha value is -1.40. The molecule has 1 aromatic carbocycles. The van der Waals surface area contributed by atoms with Gasteiger partial charge in [0.1, 0.15) is 5.82 Å². The molecule has 0 unspecified atom stereocenters. The smallest absolute Gasteiger partial charge is 0.263 e. The van der Waals surface area contributed by atoms with Gasteiger partial charge in [0, 0.05) is 10.7 Å². The molecule has 1 N–H and O–H groups in total. The van der Waals surface area contributed by atoms with E-state index in [1.54, 1.807) is 24.3 Å². The van der Waals surface area contributed by atoms with E-state index in [-0.39, 0.29) is 10.7 Å². The molecule has 4 nitrogen and oxygen atoms in total. The molecule has 0 bridgehead atoms. The van der Waals surface area contributed by atoms with Crippen molar-refractivity contribution in [2.24, 2.45) is 0 Å². The van der Waals surface area contributed by atoms with Gasteiger partial charge in [-0.15, -0.1) is 0 Å². The normalized spacial score (nSPS) is 11.6. The molecule has 0 amide bonds. The lowest BCUT2D eigenvalue weighted by Gasteiger charge is -2.09. The molecule has 2 aromatic rings. The predicted octanol–water partition coefficient (Wildman–Crippen LogP) is 3.77. The maximum absolute atomic E-state index is 12.2. The van der Waals surface area contributed by atoms with Crippen LogP contribution in [0, 0.1) is 0 Å². The zero-order chi connectivity index (χ0) is 14.8. The van der Waals surface area contributed by atoms with Gasteiger partial charge in [-0.1, -0.05) is 41.9 Å². The van der Waals surface area contributed by atoms with Crippen LogP contribution in [0.3, 0.4) is 0 Å². The van der Waals surface area contributed by atoms with Crippen LogP contribution < -0.4 is 4.72 Å². The van der Waals surface area contributed by atoms with E-state index >= 15 is 0 Å². The molecule has 0 spiro atoms. The van der Waals surface area contributed by atoms with E-state index in [4.69, 9.17) is 0 Å². The molecule has 106 valence electrons. The molecule has 1 heterocycles. The number of halogens is 1. The Morgan fingerprint density at radius 3 is 2.35 bits per heavy atom. The maximum Gasteiger partial charge on any atom is 0.263 e. The number of sulfonamides is 1. The number of nitrogens with one attached hydrogen (secondary N) is 1. The summed E-state index contributed by atoms with van der Waals surface area (Å²) in [6, 6.07) is 10.2. The lowest BCUT2D eigenvalue weighted by Crippen LogP contribution is -2.13. The molecule has 0 saturated heterocycles. The van der Waals surface area contributed by atoms with Gasteiger partial charge in [-0.3, -0.25) is 4.72 Å². The van der Waals surface area contributed by atoms with Crippen molar-refractivity contribution in [1.29, 1.82) is 0 Å². The van der Waals surface area contributed by atoms with Crippen LogP contribution in [-0.2, 0) is 10.0 Å². The van der Waals surface area contributed by atoms with Crippen LogP contribution in [0.1, 0.15) is 25.3 Å². The van der Waals surface area contributed by atoms with E-state index in [1.165, 1.54) is 6.20 Å². The highest BCUT2D eigenvalue weighted by Gasteiger charge is 2.15. The van der Waals surface area contributed by atoms with Crippen molar-refractivity contribution in [3.8, 4) is 0 Å². The van der Waals surface area contributed by atoms with Crippen molar-refractivity contribution in [1.82, 2.24) is 4.98 Å². The van der Waals surface area contributed by atoms with Gasteiger partial charge in [-0.25, -0.2) is 13.4 Å². The summed E-state index contributed by atoms with van der Waals surface area (Å²) in [5.74, 6) is 0.652. The summed E-state index contributed by atoms with van der Waals surface area (Å²) in [6.07, 6.45) is 1.53. The van der Waals surface area contributed by atoms with Gasteiger partial charge in [0.05, 0.1) is 4.90 Å². The third-order valence-corrected chi connectivity index (χ3v) is 4.68. The van der Waals surface area contributed by atoms with E-state index < -0.39 is 10.0 Å². The quantitative estimate of drug-likeness (QED) is 0.908. The zero-order valence-corrected chi connectivity index (χ0v) is 13.6. The zero-order valence-electron chi connectivity index (χ0n) is 11.2. The topological polar surface area (TPSA) is 59.1 Å². The summed E-state index contributed by atoms with van der Waals surface area (Å²) in [5.41, 5.74) is 1.10. The molecule has 0 aliphatic carbocycles. The van der Waals surface area contributed by atoms with Crippen LogP contribution in [-0.4, -0.2) is 13.4 Å². The Kier molecular flexibility index (Phi) is 4.45. The minimum absolute atomic E-state index is 0.226. The molecular formula is C14H15BrN2O2S. The van der Waals surface area contributed by atoms with Crippen molar-refractivity contribution in [3.63, 3.8) is 0 Å². The lowest BCUT2D eigenvalue weighted by molar-refractivity contribution is 0.601. The van der Waals surface area contributed by atoms with Crippen molar-refractivity contribution in [3.05, 3.63) is 52.6 Å². The Balaban J connectivity index is 2.26. The average molecular weight is 355 g/mol. The monoisotopic (exact) mass is 354 g/mol. The number of hydrogen-bond donors (Lipinski definition) is 1. The predicted molar refractivity (Wildman–Crippen MR) is 83.3 cm³/mol.